The molecule has 0 radical (unpaired) electrons. The molecule has 7 aromatic carbocycles. The molecule has 2 aromatic heterocycles. The molecule has 2 heterocycles. The van der Waals surface area contributed by atoms with Gasteiger partial charge in [-0.2, -0.15) is 0 Å². The highest BCUT2D eigenvalue weighted by atomic mass is 16.3. The molecule has 0 spiro atoms. The molecule has 0 saturated carbocycles. The van der Waals surface area contributed by atoms with Crippen LogP contribution in [-0.4, -0.2) is 15.0 Å². The molecule has 0 N–H and O–H groups in total. The normalized spacial score (nSPS) is 12.9. The summed E-state index contributed by atoms with van der Waals surface area (Å²) < 4.78 is 6.22. The monoisotopic (exact) mass is 627 g/mol. The molecule has 9 aromatic rings. The molecule has 0 amide bonds. The van der Waals surface area contributed by atoms with Gasteiger partial charge in [0.05, 0.1) is 0 Å². The van der Waals surface area contributed by atoms with Crippen molar-refractivity contribution in [3.63, 3.8) is 0 Å². The average molecular weight is 628 g/mol. The van der Waals surface area contributed by atoms with Gasteiger partial charge in [-0.1, -0.05) is 121 Å². The second-order valence-corrected chi connectivity index (χ2v) is 12.8. The van der Waals surface area contributed by atoms with Gasteiger partial charge in [-0.15, -0.1) is 0 Å². The van der Waals surface area contributed by atoms with Crippen LogP contribution in [0.15, 0.2) is 150 Å². The summed E-state index contributed by atoms with van der Waals surface area (Å²) in [5.41, 5.74) is 9.59. The Kier molecular flexibility index (Phi) is 6.28. The van der Waals surface area contributed by atoms with E-state index in [1.807, 2.05) is 18.2 Å². The molecule has 0 saturated heterocycles. The van der Waals surface area contributed by atoms with Crippen LogP contribution in [0.5, 0.6) is 0 Å². The molecule has 4 heteroatoms. The van der Waals surface area contributed by atoms with Crippen LogP contribution >= 0.6 is 0 Å². The highest BCUT2D eigenvalue weighted by Gasteiger charge is 2.19. The lowest BCUT2D eigenvalue weighted by Gasteiger charge is -2.17. The summed E-state index contributed by atoms with van der Waals surface area (Å²) in [4.78, 5) is 15.5. The van der Waals surface area contributed by atoms with Gasteiger partial charge in [0, 0.05) is 21.9 Å². The molecule has 49 heavy (non-hydrogen) atoms. The number of hydrogen-bond acceptors (Lipinski definition) is 4. The van der Waals surface area contributed by atoms with Crippen molar-refractivity contribution in [2.24, 2.45) is 0 Å². The Balaban J connectivity index is 1.16. The Labute approximate surface area is 283 Å². The Morgan fingerprint density at radius 3 is 2.04 bits per heavy atom. The predicted molar refractivity (Wildman–Crippen MR) is 201 cm³/mol. The SMILES string of the molecule is C1=C(c2nc(-c3cccc(-c4cccc5oc6ccccc6c45)c3)nc(-c3ccc4ccc5ccccc5c4c3)n2)CCc2ccccc21. The second-order valence-electron chi connectivity index (χ2n) is 12.8. The van der Waals surface area contributed by atoms with E-state index in [4.69, 9.17) is 19.4 Å². The molecule has 230 valence electrons. The third-order valence-electron chi connectivity index (χ3n) is 9.81. The highest BCUT2D eigenvalue weighted by molar-refractivity contribution is 6.12. The maximum absolute atomic E-state index is 6.22. The third kappa shape index (κ3) is 4.72. The number of allylic oxidation sites excluding steroid dienone is 1. The summed E-state index contributed by atoms with van der Waals surface area (Å²) in [6.07, 6.45) is 4.08. The van der Waals surface area contributed by atoms with E-state index in [9.17, 15) is 0 Å². The van der Waals surface area contributed by atoms with Gasteiger partial charge < -0.3 is 4.42 Å². The van der Waals surface area contributed by atoms with Crippen molar-refractivity contribution >= 4 is 55.1 Å². The van der Waals surface area contributed by atoms with E-state index >= 15 is 0 Å². The number of furan rings is 1. The van der Waals surface area contributed by atoms with E-state index in [-0.39, 0.29) is 0 Å². The number of aromatic nitrogens is 3. The zero-order valence-electron chi connectivity index (χ0n) is 26.6. The van der Waals surface area contributed by atoms with Crippen LogP contribution < -0.4 is 0 Å². The fourth-order valence-corrected chi connectivity index (χ4v) is 7.37. The minimum atomic E-state index is 0.656. The molecule has 0 bridgehead atoms. The zero-order valence-corrected chi connectivity index (χ0v) is 26.6. The van der Waals surface area contributed by atoms with Crippen LogP contribution in [-0.2, 0) is 6.42 Å². The largest absolute Gasteiger partial charge is 0.456 e. The fraction of sp³-hybridized carbons (Fsp3) is 0.0444. The first-order valence-corrected chi connectivity index (χ1v) is 16.7. The summed E-state index contributed by atoms with van der Waals surface area (Å²) in [5, 5.41) is 7.03. The summed E-state index contributed by atoms with van der Waals surface area (Å²) in [6.45, 7) is 0. The molecular weight excluding hydrogens is 599 g/mol. The van der Waals surface area contributed by atoms with Crippen molar-refractivity contribution in [2.45, 2.75) is 12.8 Å². The van der Waals surface area contributed by atoms with E-state index in [2.05, 4.69) is 133 Å². The maximum Gasteiger partial charge on any atom is 0.164 e. The van der Waals surface area contributed by atoms with Crippen molar-refractivity contribution in [3.8, 4) is 33.9 Å². The number of benzene rings is 7. The smallest absolute Gasteiger partial charge is 0.164 e. The highest BCUT2D eigenvalue weighted by Crippen LogP contribution is 2.38. The van der Waals surface area contributed by atoms with Gasteiger partial charge in [-0.3, -0.25) is 0 Å². The molecule has 4 nitrogen and oxygen atoms in total. The molecule has 0 atom stereocenters. The van der Waals surface area contributed by atoms with E-state index in [0.717, 1.165) is 68.4 Å². The zero-order chi connectivity index (χ0) is 32.3. The Morgan fingerprint density at radius 1 is 0.449 bits per heavy atom. The minimum Gasteiger partial charge on any atom is -0.456 e. The Morgan fingerprint density at radius 2 is 1.12 bits per heavy atom. The van der Waals surface area contributed by atoms with E-state index in [1.165, 1.54) is 32.7 Å². The van der Waals surface area contributed by atoms with Crippen LogP contribution in [0.2, 0.25) is 0 Å². The van der Waals surface area contributed by atoms with Crippen molar-refractivity contribution in [1.29, 1.82) is 0 Å². The molecule has 0 aliphatic heterocycles. The topological polar surface area (TPSA) is 51.8 Å². The summed E-state index contributed by atoms with van der Waals surface area (Å²) in [7, 11) is 0. The van der Waals surface area contributed by atoms with Crippen molar-refractivity contribution in [3.05, 3.63) is 163 Å². The number of aryl methyl sites for hydroxylation is 1. The van der Waals surface area contributed by atoms with Gasteiger partial charge in [0.25, 0.3) is 0 Å². The molecule has 1 aliphatic carbocycles. The van der Waals surface area contributed by atoms with Gasteiger partial charge in [0.2, 0.25) is 0 Å². The molecule has 0 unspecified atom stereocenters. The minimum absolute atomic E-state index is 0.656. The van der Waals surface area contributed by atoms with Crippen LogP contribution in [0, 0.1) is 0 Å². The van der Waals surface area contributed by atoms with Gasteiger partial charge in [-0.25, -0.2) is 15.0 Å². The van der Waals surface area contributed by atoms with Gasteiger partial charge in [0.1, 0.15) is 11.2 Å². The summed E-state index contributed by atoms with van der Waals surface area (Å²) in [5.74, 6) is 2.05. The predicted octanol–water partition coefficient (Wildman–Crippen LogP) is 11.6. The lowest BCUT2D eigenvalue weighted by molar-refractivity contribution is 0.669. The second kappa shape index (κ2) is 11.1. The molecule has 1 aliphatic rings. The summed E-state index contributed by atoms with van der Waals surface area (Å²) >= 11 is 0. The fourth-order valence-electron chi connectivity index (χ4n) is 7.37. The first-order chi connectivity index (χ1) is 24.2. The number of fused-ring (bicyclic) bond motifs is 7. The third-order valence-corrected chi connectivity index (χ3v) is 9.81. The average Bonchev–Trinajstić information content (AvgIpc) is 3.56. The Bertz CT molecular complexity index is 2790. The number of rotatable bonds is 4. The van der Waals surface area contributed by atoms with Crippen LogP contribution in [0.4, 0.5) is 0 Å². The van der Waals surface area contributed by atoms with Gasteiger partial charge in [-0.05, 0) is 92.6 Å². The molecule has 0 fully saturated rings. The Hall–Kier alpha value is -6.39. The van der Waals surface area contributed by atoms with Crippen molar-refractivity contribution in [1.82, 2.24) is 15.0 Å². The van der Waals surface area contributed by atoms with Crippen LogP contribution in [0.1, 0.15) is 23.4 Å². The van der Waals surface area contributed by atoms with Crippen LogP contribution in [0.3, 0.4) is 0 Å². The molecule has 10 rings (SSSR count). The summed E-state index contributed by atoms with van der Waals surface area (Å²) in [6, 6.07) is 51.0. The van der Waals surface area contributed by atoms with Gasteiger partial charge in [0.15, 0.2) is 17.5 Å². The van der Waals surface area contributed by atoms with Crippen LogP contribution in [0.25, 0.3) is 89.0 Å². The van der Waals surface area contributed by atoms with E-state index in [1.54, 1.807) is 0 Å². The first kappa shape index (κ1) is 27.7. The lowest BCUT2D eigenvalue weighted by Crippen LogP contribution is -2.06. The number of para-hydroxylation sites is 1. The number of nitrogens with zero attached hydrogens (tertiary/aromatic N) is 3. The molecular formula is C45H29N3O. The van der Waals surface area contributed by atoms with E-state index < -0.39 is 0 Å². The standard InChI is InChI=1S/C45H29N3O/c1-2-11-31-25-34(23-19-28(31)9-1)44-46-43(47-45(48-44)35-24-22-30-21-20-29-10-3-4-14-36(29)39(30)27-35)33-13-7-12-32(26-33)37-16-8-18-41-42(37)38-15-5-6-17-40(38)49-41/h1-18,20-22,24-27H,19,23H2. The number of hydrogen-bond donors (Lipinski definition) is 0. The van der Waals surface area contributed by atoms with Crippen molar-refractivity contribution in [2.75, 3.05) is 0 Å². The maximum atomic E-state index is 6.22. The van der Waals surface area contributed by atoms with Crippen molar-refractivity contribution < 1.29 is 4.42 Å². The first-order valence-electron chi connectivity index (χ1n) is 16.7. The quantitative estimate of drug-likeness (QED) is 0.182. The van der Waals surface area contributed by atoms with Gasteiger partial charge >= 0.3 is 0 Å². The van der Waals surface area contributed by atoms with E-state index in [0.29, 0.717) is 11.6 Å². The lowest BCUT2D eigenvalue weighted by atomic mass is 9.92.